The standard InChI is InChI=1S/C20H26N2O.ClH/c1-16(21)20(23)22-19(18-13-6-3-7-14-18)15-9-8-12-17-10-4-2-5-11-17;/h2-7,10-11,13-14,16,19H,8-9,12,15,21H2,1H3,(H,22,23);1H/t16-,19?;/m0./s1. The van der Waals surface area contributed by atoms with Crippen LogP contribution < -0.4 is 11.1 Å². The van der Waals surface area contributed by atoms with Crippen molar-refractivity contribution in [3.05, 3.63) is 71.8 Å². The zero-order valence-corrected chi connectivity index (χ0v) is 15.0. The quantitative estimate of drug-likeness (QED) is 0.709. The molecule has 4 heteroatoms. The normalized spacial score (nSPS) is 12.8. The van der Waals surface area contributed by atoms with Crippen LogP contribution in [0.25, 0.3) is 0 Å². The molecule has 24 heavy (non-hydrogen) atoms. The molecule has 130 valence electrons. The summed E-state index contributed by atoms with van der Waals surface area (Å²) in [6.45, 7) is 1.72. The number of nitrogens with two attached hydrogens (primary N) is 1. The molecule has 3 N–H and O–H groups in total. The SMILES string of the molecule is C[C@H](N)C(=O)NC(CCCCc1ccccc1)c1ccccc1.Cl. The molecule has 3 nitrogen and oxygen atoms in total. The molecule has 0 radical (unpaired) electrons. The first-order valence-electron chi connectivity index (χ1n) is 8.31. The molecular formula is C20H27ClN2O. The molecule has 0 saturated carbocycles. The average molecular weight is 347 g/mol. The molecule has 0 heterocycles. The fourth-order valence-corrected chi connectivity index (χ4v) is 2.63. The molecule has 0 aliphatic heterocycles. The van der Waals surface area contributed by atoms with Gasteiger partial charge in [-0.05, 0) is 37.3 Å². The second kappa shape index (κ2) is 10.8. The van der Waals surface area contributed by atoms with Crippen LogP contribution >= 0.6 is 12.4 Å². The summed E-state index contributed by atoms with van der Waals surface area (Å²) in [6, 6.07) is 20.2. The number of nitrogens with one attached hydrogen (secondary N) is 1. The molecule has 0 spiro atoms. The van der Waals surface area contributed by atoms with Gasteiger partial charge in [0.05, 0.1) is 12.1 Å². The predicted octanol–water partition coefficient (Wildman–Crippen LogP) is 4.03. The van der Waals surface area contributed by atoms with E-state index in [1.54, 1.807) is 6.92 Å². The lowest BCUT2D eigenvalue weighted by Gasteiger charge is -2.20. The Hall–Kier alpha value is -1.84. The zero-order valence-electron chi connectivity index (χ0n) is 14.2. The lowest BCUT2D eigenvalue weighted by Crippen LogP contribution is -2.40. The monoisotopic (exact) mass is 346 g/mol. The number of hydrogen-bond donors (Lipinski definition) is 2. The van der Waals surface area contributed by atoms with E-state index in [1.807, 2.05) is 24.3 Å². The summed E-state index contributed by atoms with van der Waals surface area (Å²) in [5, 5.41) is 3.07. The first kappa shape index (κ1) is 20.2. The highest BCUT2D eigenvalue weighted by Gasteiger charge is 2.16. The highest BCUT2D eigenvalue weighted by Crippen LogP contribution is 2.20. The first-order chi connectivity index (χ1) is 11.2. The number of benzene rings is 2. The van der Waals surface area contributed by atoms with Crippen molar-refractivity contribution >= 4 is 18.3 Å². The molecule has 1 amide bonds. The second-order valence-corrected chi connectivity index (χ2v) is 5.99. The van der Waals surface area contributed by atoms with Crippen LogP contribution in [0.15, 0.2) is 60.7 Å². The number of halogens is 1. The third kappa shape index (κ3) is 6.73. The smallest absolute Gasteiger partial charge is 0.237 e. The van der Waals surface area contributed by atoms with Crippen molar-refractivity contribution < 1.29 is 4.79 Å². The maximum Gasteiger partial charge on any atom is 0.237 e. The van der Waals surface area contributed by atoms with Gasteiger partial charge in [-0.2, -0.15) is 0 Å². The van der Waals surface area contributed by atoms with Gasteiger partial charge in [0, 0.05) is 0 Å². The van der Waals surface area contributed by atoms with Gasteiger partial charge in [0.25, 0.3) is 0 Å². The molecule has 2 aromatic rings. The Morgan fingerprint density at radius 2 is 1.58 bits per heavy atom. The minimum absolute atomic E-state index is 0. The molecule has 0 aliphatic carbocycles. The topological polar surface area (TPSA) is 55.1 Å². The summed E-state index contributed by atoms with van der Waals surface area (Å²) in [4.78, 5) is 11.9. The minimum Gasteiger partial charge on any atom is -0.348 e. The van der Waals surface area contributed by atoms with E-state index in [-0.39, 0.29) is 24.4 Å². The van der Waals surface area contributed by atoms with Gasteiger partial charge in [0.1, 0.15) is 0 Å². The van der Waals surface area contributed by atoms with E-state index in [0.29, 0.717) is 0 Å². The van der Waals surface area contributed by atoms with E-state index in [0.717, 1.165) is 31.2 Å². The summed E-state index contributed by atoms with van der Waals surface area (Å²) in [6.07, 6.45) is 4.17. The molecule has 2 aromatic carbocycles. The van der Waals surface area contributed by atoms with Crippen LogP contribution in [0.1, 0.15) is 43.4 Å². The van der Waals surface area contributed by atoms with Gasteiger partial charge in [-0.1, -0.05) is 67.1 Å². The number of hydrogen-bond acceptors (Lipinski definition) is 2. The Morgan fingerprint density at radius 1 is 1.00 bits per heavy atom. The van der Waals surface area contributed by atoms with E-state index >= 15 is 0 Å². The maximum atomic E-state index is 11.9. The molecule has 2 atom stereocenters. The lowest BCUT2D eigenvalue weighted by molar-refractivity contribution is -0.122. The molecule has 0 aromatic heterocycles. The Balaban J connectivity index is 0.00000288. The van der Waals surface area contributed by atoms with E-state index < -0.39 is 6.04 Å². The Labute approximate surface area is 151 Å². The van der Waals surface area contributed by atoms with E-state index in [2.05, 4.69) is 41.7 Å². The van der Waals surface area contributed by atoms with E-state index in [9.17, 15) is 4.79 Å². The Bertz CT molecular complexity index is 587. The average Bonchev–Trinajstić information content (AvgIpc) is 2.59. The van der Waals surface area contributed by atoms with Gasteiger partial charge < -0.3 is 11.1 Å². The number of carbonyl (C=O) groups is 1. The van der Waals surface area contributed by atoms with Crippen molar-refractivity contribution in [3.63, 3.8) is 0 Å². The fourth-order valence-electron chi connectivity index (χ4n) is 2.63. The summed E-state index contributed by atoms with van der Waals surface area (Å²) in [5.74, 6) is -0.0955. The van der Waals surface area contributed by atoms with Crippen molar-refractivity contribution in [1.82, 2.24) is 5.32 Å². The van der Waals surface area contributed by atoms with Crippen LogP contribution in [0.5, 0.6) is 0 Å². The van der Waals surface area contributed by atoms with Crippen LogP contribution in [-0.2, 0) is 11.2 Å². The van der Waals surface area contributed by atoms with E-state index in [1.165, 1.54) is 5.56 Å². The van der Waals surface area contributed by atoms with Crippen molar-refractivity contribution in [3.8, 4) is 0 Å². The van der Waals surface area contributed by atoms with Gasteiger partial charge in [-0.3, -0.25) is 4.79 Å². The van der Waals surface area contributed by atoms with Crippen molar-refractivity contribution in [2.24, 2.45) is 5.73 Å². The molecule has 0 saturated heterocycles. The van der Waals surface area contributed by atoms with Gasteiger partial charge >= 0.3 is 0 Å². The summed E-state index contributed by atoms with van der Waals surface area (Å²) >= 11 is 0. The highest BCUT2D eigenvalue weighted by molar-refractivity contribution is 5.85. The van der Waals surface area contributed by atoms with Gasteiger partial charge in [-0.15, -0.1) is 12.4 Å². The minimum atomic E-state index is -0.481. The lowest BCUT2D eigenvalue weighted by atomic mass is 9.98. The number of amides is 1. The van der Waals surface area contributed by atoms with Gasteiger partial charge in [0.2, 0.25) is 5.91 Å². The van der Waals surface area contributed by atoms with Crippen LogP contribution in [0.2, 0.25) is 0 Å². The molecule has 1 unspecified atom stereocenters. The second-order valence-electron chi connectivity index (χ2n) is 5.99. The number of aryl methyl sites for hydroxylation is 1. The fraction of sp³-hybridized carbons (Fsp3) is 0.350. The molecule has 0 bridgehead atoms. The number of rotatable bonds is 8. The summed E-state index contributed by atoms with van der Waals surface area (Å²) < 4.78 is 0. The summed E-state index contributed by atoms with van der Waals surface area (Å²) in [5.41, 5.74) is 8.19. The van der Waals surface area contributed by atoms with Gasteiger partial charge in [-0.25, -0.2) is 0 Å². The van der Waals surface area contributed by atoms with Crippen LogP contribution in [0.3, 0.4) is 0 Å². The Morgan fingerprint density at radius 3 is 2.17 bits per heavy atom. The molecular weight excluding hydrogens is 320 g/mol. The van der Waals surface area contributed by atoms with Crippen LogP contribution in [0.4, 0.5) is 0 Å². The van der Waals surface area contributed by atoms with Crippen molar-refractivity contribution in [1.29, 1.82) is 0 Å². The number of carbonyl (C=O) groups excluding carboxylic acids is 1. The van der Waals surface area contributed by atoms with Crippen LogP contribution in [0, 0.1) is 0 Å². The predicted molar refractivity (Wildman–Crippen MR) is 102 cm³/mol. The summed E-state index contributed by atoms with van der Waals surface area (Å²) in [7, 11) is 0. The van der Waals surface area contributed by atoms with E-state index in [4.69, 9.17) is 5.73 Å². The number of unbranched alkanes of at least 4 members (excludes halogenated alkanes) is 1. The van der Waals surface area contributed by atoms with Crippen molar-refractivity contribution in [2.45, 2.75) is 44.7 Å². The van der Waals surface area contributed by atoms with Crippen LogP contribution in [-0.4, -0.2) is 11.9 Å². The molecule has 0 aliphatic rings. The zero-order chi connectivity index (χ0) is 16.5. The largest absolute Gasteiger partial charge is 0.348 e. The van der Waals surface area contributed by atoms with Gasteiger partial charge in [0.15, 0.2) is 0 Å². The Kier molecular flexibility index (Phi) is 9.13. The molecule has 2 rings (SSSR count). The van der Waals surface area contributed by atoms with Crippen molar-refractivity contribution in [2.75, 3.05) is 0 Å². The maximum absolute atomic E-state index is 11.9. The third-order valence-electron chi connectivity index (χ3n) is 3.98. The highest BCUT2D eigenvalue weighted by atomic mass is 35.5. The molecule has 0 fully saturated rings. The first-order valence-corrected chi connectivity index (χ1v) is 8.31. The third-order valence-corrected chi connectivity index (χ3v) is 3.98.